The molecule has 0 atom stereocenters. The highest BCUT2D eigenvalue weighted by Crippen LogP contribution is 2.34. The van der Waals surface area contributed by atoms with Gasteiger partial charge in [-0.3, -0.25) is 9.89 Å². The van der Waals surface area contributed by atoms with E-state index in [2.05, 4.69) is 16.9 Å². The summed E-state index contributed by atoms with van der Waals surface area (Å²) in [6, 6.07) is 0. The molecule has 0 saturated carbocycles. The number of hydrogen-bond donors (Lipinski definition) is 2. The lowest BCUT2D eigenvalue weighted by atomic mass is 9.93. The average molecular weight is 552 g/mol. The number of halogens is 4. The standard InChI is InChI=1S/C19H35F3N4OS.HI/c1-3-23-17(25-14-18(28-2)7-12-27-13-8-18)24-9-4-16-5-10-26(11-6-16)15-19(20,21)22;/h16H,3-15H2,1-2H3,(H2,23,24,25);1H. The molecule has 0 radical (unpaired) electrons. The molecule has 0 aromatic carbocycles. The smallest absolute Gasteiger partial charge is 0.381 e. The van der Waals surface area contributed by atoms with E-state index in [1.165, 1.54) is 4.90 Å². The number of hydrogen-bond acceptors (Lipinski definition) is 4. The molecule has 10 heteroatoms. The summed E-state index contributed by atoms with van der Waals surface area (Å²) in [5.74, 6) is 1.31. The molecule has 0 amide bonds. The number of nitrogens with zero attached hydrogens (tertiary/aromatic N) is 2. The van der Waals surface area contributed by atoms with Crippen molar-refractivity contribution in [2.45, 2.75) is 50.0 Å². The van der Waals surface area contributed by atoms with E-state index in [1.807, 2.05) is 18.7 Å². The van der Waals surface area contributed by atoms with Crippen LogP contribution in [0.4, 0.5) is 13.2 Å². The van der Waals surface area contributed by atoms with E-state index in [9.17, 15) is 13.2 Å². The lowest BCUT2D eigenvalue weighted by Gasteiger charge is -2.34. The van der Waals surface area contributed by atoms with E-state index in [1.54, 1.807) is 0 Å². The molecular formula is C19H36F3IN4OS. The summed E-state index contributed by atoms with van der Waals surface area (Å²) in [7, 11) is 0. The quantitative estimate of drug-likeness (QED) is 0.273. The number of likely N-dealkylation sites (tertiary alicyclic amines) is 1. The van der Waals surface area contributed by atoms with Gasteiger partial charge in [0, 0.05) is 31.1 Å². The molecule has 2 saturated heterocycles. The van der Waals surface area contributed by atoms with E-state index in [-0.39, 0.29) is 28.7 Å². The van der Waals surface area contributed by atoms with Crippen LogP contribution in [0.25, 0.3) is 0 Å². The second-order valence-electron chi connectivity index (χ2n) is 7.74. The van der Waals surface area contributed by atoms with Crippen molar-refractivity contribution in [2.75, 3.05) is 58.7 Å². The van der Waals surface area contributed by atoms with Crippen LogP contribution in [0.5, 0.6) is 0 Å². The van der Waals surface area contributed by atoms with Gasteiger partial charge in [0.05, 0.1) is 13.1 Å². The number of rotatable bonds is 8. The zero-order chi connectivity index (χ0) is 20.5. The second kappa shape index (κ2) is 13.5. The molecule has 5 nitrogen and oxygen atoms in total. The monoisotopic (exact) mass is 552 g/mol. The number of alkyl halides is 3. The molecule has 0 aromatic rings. The summed E-state index contributed by atoms with van der Waals surface area (Å²) >= 11 is 1.88. The minimum atomic E-state index is -4.09. The Morgan fingerprint density at radius 1 is 1.21 bits per heavy atom. The normalized spacial score (nSPS) is 21.5. The van der Waals surface area contributed by atoms with Gasteiger partial charge in [-0.25, -0.2) is 0 Å². The first-order valence-electron chi connectivity index (χ1n) is 10.3. The molecule has 0 aromatic heterocycles. The predicted octanol–water partition coefficient (Wildman–Crippen LogP) is 3.74. The Labute approximate surface area is 194 Å². The fourth-order valence-corrected chi connectivity index (χ4v) is 4.59. The van der Waals surface area contributed by atoms with Gasteiger partial charge in [-0.2, -0.15) is 24.9 Å². The van der Waals surface area contributed by atoms with Crippen LogP contribution in [-0.4, -0.2) is 80.5 Å². The molecular weight excluding hydrogens is 516 g/mol. The third-order valence-electron chi connectivity index (χ3n) is 5.66. The Hall–Kier alpha value is 0.0600. The number of nitrogens with one attached hydrogen (secondary N) is 2. The summed E-state index contributed by atoms with van der Waals surface area (Å²) in [4.78, 5) is 6.32. The van der Waals surface area contributed by atoms with Crippen LogP contribution in [-0.2, 0) is 4.74 Å². The summed E-state index contributed by atoms with van der Waals surface area (Å²) in [6.07, 6.45) is 2.73. The Kier molecular flexibility index (Phi) is 12.6. The van der Waals surface area contributed by atoms with E-state index >= 15 is 0 Å². The maximum atomic E-state index is 12.5. The molecule has 2 aliphatic rings. The van der Waals surface area contributed by atoms with E-state index < -0.39 is 12.7 Å². The third-order valence-corrected chi connectivity index (χ3v) is 7.07. The van der Waals surface area contributed by atoms with Gasteiger partial charge in [0.1, 0.15) is 0 Å². The van der Waals surface area contributed by atoms with Crippen molar-refractivity contribution in [1.29, 1.82) is 0 Å². The maximum Gasteiger partial charge on any atom is 0.401 e. The van der Waals surface area contributed by atoms with E-state index in [0.29, 0.717) is 19.0 Å². The van der Waals surface area contributed by atoms with E-state index in [0.717, 1.165) is 70.9 Å². The van der Waals surface area contributed by atoms with Gasteiger partial charge in [0.2, 0.25) is 0 Å². The Balaban J connectivity index is 0.00000420. The van der Waals surface area contributed by atoms with Crippen molar-refractivity contribution in [3.8, 4) is 0 Å². The molecule has 2 aliphatic heterocycles. The van der Waals surface area contributed by atoms with Crippen molar-refractivity contribution in [2.24, 2.45) is 10.9 Å². The fraction of sp³-hybridized carbons (Fsp3) is 0.947. The molecule has 0 aliphatic carbocycles. The van der Waals surface area contributed by atoms with Crippen LogP contribution in [0.1, 0.15) is 39.0 Å². The highest BCUT2D eigenvalue weighted by atomic mass is 127. The van der Waals surface area contributed by atoms with Crippen LogP contribution < -0.4 is 10.6 Å². The first-order valence-corrected chi connectivity index (χ1v) is 11.5. The number of aliphatic imine (C=N–C) groups is 1. The van der Waals surface area contributed by atoms with Crippen LogP contribution in [0.3, 0.4) is 0 Å². The van der Waals surface area contributed by atoms with Gasteiger partial charge < -0.3 is 15.4 Å². The third kappa shape index (κ3) is 10.3. The topological polar surface area (TPSA) is 48.9 Å². The van der Waals surface area contributed by atoms with Crippen molar-refractivity contribution in [3.05, 3.63) is 0 Å². The number of piperidine rings is 1. The van der Waals surface area contributed by atoms with Gasteiger partial charge in [0.25, 0.3) is 0 Å². The minimum absolute atomic E-state index is 0. The Morgan fingerprint density at radius 2 is 1.86 bits per heavy atom. The van der Waals surface area contributed by atoms with Gasteiger partial charge in [0.15, 0.2) is 5.96 Å². The Bertz CT molecular complexity index is 483. The first kappa shape index (κ1) is 27.1. The van der Waals surface area contributed by atoms with Crippen molar-refractivity contribution >= 4 is 41.7 Å². The van der Waals surface area contributed by atoms with Crippen molar-refractivity contribution < 1.29 is 17.9 Å². The molecule has 29 heavy (non-hydrogen) atoms. The summed E-state index contributed by atoms with van der Waals surface area (Å²) < 4.78 is 43.1. The molecule has 2 fully saturated rings. The fourth-order valence-electron chi connectivity index (χ4n) is 3.82. The number of ether oxygens (including phenoxy) is 1. The van der Waals surface area contributed by atoms with Crippen molar-refractivity contribution in [1.82, 2.24) is 15.5 Å². The predicted molar refractivity (Wildman–Crippen MR) is 126 cm³/mol. The number of thioether (sulfide) groups is 1. The SMILES string of the molecule is CCNC(=NCC1(SC)CCOCC1)NCCC1CCN(CC(F)(F)F)CC1.I. The van der Waals surface area contributed by atoms with Crippen LogP contribution in [0.2, 0.25) is 0 Å². The first-order chi connectivity index (χ1) is 13.4. The summed E-state index contributed by atoms with van der Waals surface area (Å²) in [6.45, 7) is 6.31. The lowest BCUT2D eigenvalue weighted by molar-refractivity contribution is -0.148. The molecule has 0 bridgehead atoms. The zero-order valence-electron chi connectivity index (χ0n) is 17.5. The minimum Gasteiger partial charge on any atom is -0.381 e. The second-order valence-corrected chi connectivity index (χ2v) is 9.02. The van der Waals surface area contributed by atoms with Crippen LogP contribution >= 0.6 is 35.7 Å². The number of guanidine groups is 1. The molecule has 172 valence electrons. The van der Waals surface area contributed by atoms with Gasteiger partial charge in [-0.05, 0) is 64.3 Å². The van der Waals surface area contributed by atoms with Crippen LogP contribution in [0, 0.1) is 5.92 Å². The zero-order valence-corrected chi connectivity index (χ0v) is 20.7. The van der Waals surface area contributed by atoms with Crippen LogP contribution in [0.15, 0.2) is 4.99 Å². The van der Waals surface area contributed by atoms with Gasteiger partial charge in [-0.15, -0.1) is 24.0 Å². The van der Waals surface area contributed by atoms with E-state index in [4.69, 9.17) is 9.73 Å². The highest BCUT2D eigenvalue weighted by Gasteiger charge is 2.33. The lowest BCUT2D eigenvalue weighted by Crippen LogP contribution is -2.42. The summed E-state index contributed by atoms with van der Waals surface area (Å²) in [5.41, 5.74) is 0. The molecule has 2 rings (SSSR count). The molecule has 2 heterocycles. The molecule has 0 unspecified atom stereocenters. The summed E-state index contributed by atoms with van der Waals surface area (Å²) in [5, 5.41) is 6.70. The van der Waals surface area contributed by atoms with Gasteiger partial charge >= 0.3 is 6.18 Å². The maximum absolute atomic E-state index is 12.5. The van der Waals surface area contributed by atoms with Crippen molar-refractivity contribution in [3.63, 3.8) is 0 Å². The average Bonchev–Trinajstić information content (AvgIpc) is 2.67. The highest BCUT2D eigenvalue weighted by molar-refractivity contribution is 14.0. The Morgan fingerprint density at radius 3 is 2.41 bits per heavy atom. The molecule has 0 spiro atoms. The molecule has 2 N–H and O–H groups in total. The van der Waals surface area contributed by atoms with Gasteiger partial charge in [-0.1, -0.05) is 0 Å². The largest absolute Gasteiger partial charge is 0.401 e.